The Balaban J connectivity index is 2.19. The van der Waals surface area contributed by atoms with Crippen LogP contribution >= 0.6 is 15.9 Å². The summed E-state index contributed by atoms with van der Waals surface area (Å²) >= 11 is 3.07. The third-order valence-electron chi connectivity index (χ3n) is 3.73. The number of aromatic nitrogens is 2. The highest BCUT2D eigenvalue weighted by Gasteiger charge is 2.18. The maximum Gasteiger partial charge on any atom is 0.143 e. The Hall–Kier alpha value is -1.27. The highest BCUT2D eigenvalue weighted by Crippen LogP contribution is 2.23. The van der Waals surface area contributed by atoms with Crippen LogP contribution in [0, 0.1) is 25.5 Å². The molecule has 0 radical (unpaired) electrons. The van der Waals surface area contributed by atoms with Crippen LogP contribution in [0.2, 0.25) is 0 Å². The minimum atomic E-state index is -0.579. The topological polar surface area (TPSA) is 43.8 Å². The molecule has 0 bridgehead atoms. The van der Waals surface area contributed by atoms with Gasteiger partial charge in [0.05, 0.1) is 10.2 Å². The molecule has 3 nitrogen and oxygen atoms in total. The largest absolute Gasteiger partial charge is 0.327 e. The number of nitrogens with two attached hydrogens (primary N) is 1. The van der Waals surface area contributed by atoms with E-state index in [1.807, 2.05) is 20.9 Å². The number of nitrogens with zero attached hydrogens (tertiary/aromatic N) is 2. The zero-order valence-electron chi connectivity index (χ0n) is 12.3. The van der Waals surface area contributed by atoms with E-state index in [1.54, 1.807) is 4.68 Å². The van der Waals surface area contributed by atoms with Gasteiger partial charge in [-0.2, -0.15) is 5.10 Å². The second-order valence-corrected chi connectivity index (χ2v) is 6.12. The van der Waals surface area contributed by atoms with Gasteiger partial charge in [-0.05, 0) is 60.3 Å². The van der Waals surface area contributed by atoms with E-state index in [4.69, 9.17) is 5.73 Å². The molecule has 0 amide bonds. The molecular formula is C15H18BrF2N3. The van der Waals surface area contributed by atoms with Crippen LogP contribution in [0.3, 0.4) is 0 Å². The van der Waals surface area contributed by atoms with Crippen molar-refractivity contribution in [1.29, 1.82) is 0 Å². The van der Waals surface area contributed by atoms with Crippen molar-refractivity contribution in [3.05, 3.63) is 50.8 Å². The molecule has 21 heavy (non-hydrogen) atoms. The van der Waals surface area contributed by atoms with Crippen molar-refractivity contribution in [2.75, 3.05) is 0 Å². The Morgan fingerprint density at radius 2 is 1.86 bits per heavy atom. The number of halogens is 3. The van der Waals surface area contributed by atoms with Crippen LogP contribution < -0.4 is 5.73 Å². The van der Waals surface area contributed by atoms with E-state index < -0.39 is 11.6 Å². The van der Waals surface area contributed by atoms with Gasteiger partial charge in [-0.3, -0.25) is 4.68 Å². The molecule has 1 atom stereocenters. The number of hydrogen-bond acceptors (Lipinski definition) is 2. The van der Waals surface area contributed by atoms with Crippen molar-refractivity contribution in [3.63, 3.8) is 0 Å². The van der Waals surface area contributed by atoms with E-state index in [1.165, 1.54) is 12.1 Å². The minimum absolute atomic E-state index is 0.0241. The second kappa shape index (κ2) is 6.23. The lowest BCUT2D eigenvalue weighted by molar-refractivity contribution is 0.529. The summed E-state index contributed by atoms with van der Waals surface area (Å²) in [4.78, 5) is 0. The quantitative estimate of drug-likeness (QED) is 0.854. The first-order chi connectivity index (χ1) is 9.81. The van der Waals surface area contributed by atoms with Gasteiger partial charge in [-0.1, -0.05) is 0 Å². The van der Waals surface area contributed by atoms with Crippen LogP contribution in [-0.4, -0.2) is 15.8 Å². The van der Waals surface area contributed by atoms with E-state index in [9.17, 15) is 8.78 Å². The summed E-state index contributed by atoms with van der Waals surface area (Å²) in [5.41, 5.74) is 9.08. The molecule has 114 valence electrons. The minimum Gasteiger partial charge on any atom is -0.327 e. The number of rotatable bonds is 4. The van der Waals surface area contributed by atoms with Crippen LogP contribution in [0.4, 0.5) is 8.78 Å². The van der Waals surface area contributed by atoms with Crippen molar-refractivity contribution >= 4 is 15.9 Å². The van der Waals surface area contributed by atoms with Gasteiger partial charge in [0.15, 0.2) is 0 Å². The molecule has 1 aromatic heterocycles. The van der Waals surface area contributed by atoms with Crippen LogP contribution in [0.1, 0.15) is 22.5 Å². The molecule has 0 aliphatic carbocycles. The van der Waals surface area contributed by atoms with Crippen LogP contribution in [-0.2, 0) is 19.9 Å². The molecular weight excluding hydrogens is 340 g/mol. The van der Waals surface area contributed by atoms with Gasteiger partial charge in [-0.15, -0.1) is 0 Å². The monoisotopic (exact) mass is 357 g/mol. The van der Waals surface area contributed by atoms with Gasteiger partial charge in [0.25, 0.3) is 0 Å². The van der Waals surface area contributed by atoms with Crippen molar-refractivity contribution in [3.8, 4) is 0 Å². The first-order valence-corrected chi connectivity index (χ1v) is 7.47. The third kappa shape index (κ3) is 3.32. The summed E-state index contributed by atoms with van der Waals surface area (Å²) in [6.07, 6.45) is 0.682. The molecule has 2 aromatic rings. The van der Waals surface area contributed by atoms with Crippen LogP contribution in [0.5, 0.6) is 0 Å². The lowest BCUT2D eigenvalue weighted by Crippen LogP contribution is -2.27. The Kier molecular flexibility index (Phi) is 4.78. The van der Waals surface area contributed by atoms with Crippen molar-refractivity contribution in [2.24, 2.45) is 12.8 Å². The SMILES string of the molecule is Cc1nn(C)c(C)c1CC(N)Cc1c(F)ccc(Br)c1F. The van der Waals surface area contributed by atoms with Gasteiger partial charge in [0.2, 0.25) is 0 Å². The smallest absolute Gasteiger partial charge is 0.143 e. The van der Waals surface area contributed by atoms with Crippen LogP contribution in [0.15, 0.2) is 16.6 Å². The lowest BCUT2D eigenvalue weighted by Gasteiger charge is -2.14. The highest BCUT2D eigenvalue weighted by atomic mass is 79.9. The van der Waals surface area contributed by atoms with E-state index in [0.29, 0.717) is 6.42 Å². The van der Waals surface area contributed by atoms with Gasteiger partial charge in [0.1, 0.15) is 11.6 Å². The van der Waals surface area contributed by atoms with E-state index >= 15 is 0 Å². The summed E-state index contributed by atoms with van der Waals surface area (Å²) in [7, 11) is 1.87. The Morgan fingerprint density at radius 1 is 1.24 bits per heavy atom. The Labute approximate surface area is 131 Å². The highest BCUT2D eigenvalue weighted by molar-refractivity contribution is 9.10. The van der Waals surface area contributed by atoms with Crippen LogP contribution in [0.25, 0.3) is 0 Å². The van der Waals surface area contributed by atoms with Crippen molar-refractivity contribution in [2.45, 2.75) is 32.7 Å². The fraction of sp³-hybridized carbons (Fsp3) is 0.400. The molecule has 0 aliphatic rings. The average molecular weight is 358 g/mol. The van der Waals surface area contributed by atoms with Gasteiger partial charge >= 0.3 is 0 Å². The lowest BCUT2D eigenvalue weighted by atomic mass is 9.98. The average Bonchev–Trinajstić information content (AvgIpc) is 2.66. The molecule has 0 fully saturated rings. The molecule has 1 heterocycles. The number of aryl methyl sites for hydroxylation is 2. The van der Waals surface area contributed by atoms with Crippen molar-refractivity contribution in [1.82, 2.24) is 9.78 Å². The molecule has 0 saturated heterocycles. The fourth-order valence-corrected chi connectivity index (χ4v) is 2.84. The normalized spacial score (nSPS) is 12.7. The fourth-order valence-electron chi connectivity index (χ4n) is 2.47. The molecule has 0 aliphatic heterocycles. The van der Waals surface area contributed by atoms with Gasteiger partial charge in [0, 0.05) is 24.3 Å². The molecule has 0 saturated carbocycles. The maximum absolute atomic E-state index is 14.0. The first-order valence-electron chi connectivity index (χ1n) is 6.68. The number of hydrogen-bond donors (Lipinski definition) is 1. The summed E-state index contributed by atoms with van der Waals surface area (Å²) in [5, 5.41) is 4.33. The Bertz CT molecular complexity index is 667. The predicted molar refractivity (Wildman–Crippen MR) is 82.1 cm³/mol. The maximum atomic E-state index is 14.0. The summed E-state index contributed by atoms with van der Waals surface area (Å²) in [5.74, 6) is -1.14. The van der Waals surface area contributed by atoms with E-state index in [-0.39, 0.29) is 22.5 Å². The Morgan fingerprint density at radius 3 is 2.43 bits per heavy atom. The molecule has 2 N–H and O–H groups in total. The number of benzene rings is 1. The summed E-state index contributed by atoms with van der Waals surface area (Å²) < 4.78 is 29.8. The standard InChI is InChI=1S/C15H18BrF2N3/c1-8-11(9(2)21(3)20-8)6-10(19)7-12-14(17)5-4-13(16)15(12)18/h4-5,10H,6-7,19H2,1-3H3. The molecule has 2 rings (SSSR count). The summed E-state index contributed by atoms with van der Waals surface area (Å²) in [6.45, 7) is 3.87. The zero-order valence-corrected chi connectivity index (χ0v) is 13.8. The van der Waals surface area contributed by atoms with E-state index in [0.717, 1.165) is 17.0 Å². The molecule has 1 unspecified atom stereocenters. The predicted octanol–water partition coefficient (Wildman–Crippen LogP) is 3.19. The third-order valence-corrected chi connectivity index (χ3v) is 4.34. The molecule has 1 aromatic carbocycles. The second-order valence-electron chi connectivity index (χ2n) is 5.26. The van der Waals surface area contributed by atoms with Crippen molar-refractivity contribution < 1.29 is 8.78 Å². The van der Waals surface area contributed by atoms with Gasteiger partial charge in [-0.25, -0.2) is 8.78 Å². The zero-order chi connectivity index (χ0) is 15.7. The first kappa shape index (κ1) is 16.1. The molecule has 0 spiro atoms. The molecule has 6 heteroatoms. The van der Waals surface area contributed by atoms with E-state index in [2.05, 4.69) is 21.0 Å². The summed E-state index contributed by atoms with van der Waals surface area (Å²) in [6, 6.07) is 2.23. The van der Waals surface area contributed by atoms with Gasteiger partial charge < -0.3 is 5.73 Å².